The van der Waals surface area contributed by atoms with Gasteiger partial charge in [0.15, 0.2) is 0 Å². The van der Waals surface area contributed by atoms with E-state index < -0.39 is 0 Å². The molecule has 0 aliphatic rings. The van der Waals surface area contributed by atoms with E-state index in [-0.39, 0.29) is 11.8 Å². The molecule has 4 heteroatoms. The lowest BCUT2D eigenvalue weighted by Crippen LogP contribution is -2.30. The molecule has 2 N–H and O–H groups in total. The van der Waals surface area contributed by atoms with Crippen molar-refractivity contribution in [2.75, 3.05) is 18.5 Å². The van der Waals surface area contributed by atoms with Gasteiger partial charge in [-0.15, -0.1) is 0 Å². The first-order valence-corrected chi connectivity index (χ1v) is 6.41. The average Bonchev–Trinajstić information content (AvgIpc) is 2.37. The van der Waals surface area contributed by atoms with E-state index in [4.69, 9.17) is 5.73 Å². The zero-order chi connectivity index (χ0) is 13.5. The molecule has 18 heavy (non-hydrogen) atoms. The number of nitrogens with zero attached hydrogens (tertiary/aromatic N) is 2. The number of nitrogens with two attached hydrogens (primary N) is 1. The van der Waals surface area contributed by atoms with Crippen molar-refractivity contribution >= 4 is 11.6 Å². The molecular formula is C14H23N3O. The fraction of sp³-hybridized carbons (Fsp3) is 0.571. The first-order chi connectivity index (χ1) is 8.54. The van der Waals surface area contributed by atoms with Crippen LogP contribution in [0.3, 0.4) is 0 Å². The van der Waals surface area contributed by atoms with Gasteiger partial charge in [-0.1, -0.05) is 13.8 Å². The predicted molar refractivity (Wildman–Crippen MR) is 74.3 cm³/mol. The molecule has 1 aromatic rings. The molecule has 0 aliphatic heterocycles. The van der Waals surface area contributed by atoms with Gasteiger partial charge in [-0.05, 0) is 36.9 Å². The summed E-state index contributed by atoms with van der Waals surface area (Å²) in [6.45, 7) is 4.87. The summed E-state index contributed by atoms with van der Waals surface area (Å²) in [6.07, 6.45) is 4.88. The molecule has 0 radical (unpaired) electrons. The minimum absolute atomic E-state index is 0.109. The van der Waals surface area contributed by atoms with Crippen LogP contribution >= 0.6 is 0 Å². The van der Waals surface area contributed by atoms with Crippen molar-refractivity contribution in [1.82, 2.24) is 4.98 Å². The summed E-state index contributed by atoms with van der Waals surface area (Å²) < 4.78 is 0. The Labute approximate surface area is 109 Å². The predicted octanol–water partition coefficient (Wildman–Crippen LogP) is 2.06. The number of anilines is 1. The number of hydrogen-bond acceptors (Lipinski definition) is 3. The van der Waals surface area contributed by atoms with Crippen molar-refractivity contribution in [3.05, 3.63) is 24.5 Å². The van der Waals surface area contributed by atoms with E-state index in [2.05, 4.69) is 18.8 Å². The third kappa shape index (κ3) is 4.45. The Morgan fingerprint density at radius 1 is 1.39 bits per heavy atom. The van der Waals surface area contributed by atoms with E-state index >= 15 is 0 Å². The first kappa shape index (κ1) is 14.6. The lowest BCUT2D eigenvalue weighted by atomic mass is 9.94. The highest BCUT2D eigenvalue weighted by molar-refractivity contribution is 5.92. The van der Waals surface area contributed by atoms with Gasteiger partial charge in [-0.2, -0.15) is 0 Å². The van der Waals surface area contributed by atoms with E-state index in [0.29, 0.717) is 18.9 Å². The quantitative estimate of drug-likeness (QED) is 0.839. The summed E-state index contributed by atoms with van der Waals surface area (Å²) in [5, 5.41) is 0. The monoisotopic (exact) mass is 249 g/mol. The molecule has 0 spiro atoms. The van der Waals surface area contributed by atoms with Crippen LogP contribution in [0.25, 0.3) is 0 Å². The Hall–Kier alpha value is -1.42. The van der Waals surface area contributed by atoms with Crippen molar-refractivity contribution in [1.29, 1.82) is 0 Å². The Bertz CT molecular complexity index is 365. The first-order valence-electron chi connectivity index (χ1n) is 6.41. The molecule has 0 aliphatic carbocycles. The normalized spacial score (nSPS) is 12.5. The van der Waals surface area contributed by atoms with E-state index in [1.165, 1.54) is 0 Å². The van der Waals surface area contributed by atoms with Crippen molar-refractivity contribution in [3.63, 3.8) is 0 Å². The summed E-state index contributed by atoms with van der Waals surface area (Å²) in [4.78, 5) is 17.8. The van der Waals surface area contributed by atoms with Crippen LogP contribution in [0.1, 0.15) is 26.7 Å². The fourth-order valence-corrected chi connectivity index (χ4v) is 2.03. The van der Waals surface area contributed by atoms with E-state index in [1.54, 1.807) is 24.3 Å². The number of carbonyl (C=O) groups is 1. The Morgan fingerprint density at radius 2 is 2.00 bits per heavy atom. The highest BCUT2D eigenvalue weighted by Crippen LogP contribution is 2.18. The smallest absolute Gasteiger partial charge is 0.227 e. The molecule has 1 atom stereocenters. The maximum Gasteiger partial charge on any atom is 0.227 e. The highest BCUT2D eigenvalue weighted by Gasteiger charge is 2.17. The second-order valence-corrected chi connectivity index (χ2v) is 5.09. The third-order valence-electron chi connectivity index (χ3n) is 3.03. The number of hydrogen-bond donors (Lipinski definition) is 1. The molecule has 1 heterocycles. The minimum atomic E-state index is 0.109. The molecule has 4 nitrogen and oxygen atoms in total. The van der Waals surface area contributed by atoms with Gasteiger partial charge in [0.05, 0.1) is 0 Å². The molecule has 0 saturated heterocycles. The van der Waals surface area contributed by atoms with Crippen LogP contribution in [0.5, 0.6) is 0 Å². The Kier molecular flexibility index (Phi) is 5.78. The second-order valence-electron chi connectivity index (χ2n) is 5.09. The second kappa shape index (κ2) is 7.11. The van der Waals surface area contributed by atoms with Crippen LogP contribution in [0, 0.1) is 11.8 Å². The molecule has 0 fully saturated rings. The molecule has 1 aromatic heterocycles. The average molecular weight is 249 g/mol. The molecule has 0 bridgehead atoms. The van der Waals surface area contributed by atoms with Crippen LogP contribution < -0.4 is 10.6 Å². The number of rotatable bonds is 6. The van der Waals surface area contributed by atoms with Gasteiger partial charge in [0.2, 0.25) is 5.91 Å². The molecule has 0 aromatic carbocycles. The van der Waals surface area contributed by atoms with Crippen LogP contribution in [-0.2, 0) is 4.79 Å². The Morgan fingerprint density at radius 3 is 2.50 bits per heavy atom. The maximum atomic E-state index is 12.1. The number of carbonyl (C=O) groups excluding carboxylic acids is 1. The third-order valence-corrected chi connectivity index (χ3v) is 3.03. The number of amides is 1. The van der Waals surface area contributed by atoms with Gasteiger partial charge in [0.1, 0.15) is 0 Å². The molecule has 100 valence electrons. The van der Waals surface area contributed by atoms with Gasteiger partial charge in [-0.3, -0.25) is 9.78 Å². The Balaban J connectivity index is 2.59. The van der Waals surface area contributed by atoms with Crippen molar-refractivity contribution < 1.29 is 4.79 Å². The standard InChI is InChI=1S/C14H23N3O/c1-11(2)8-12(10-15)9-14(18)17(3)13-4-6-16-7-5-13/h4-7,11-12H,8-10,15H2,1-3H3. The fourth-order valence-electron chi connectivity index (χ4n) is 2.03. The highest BCUT2D eigenvalue weighted by atomic mass is 16.2. The molecule has 1 amide bonds. The summed E-state index contributed by atoms with van der Waals surface area (Å²) in [5.41, 5.74) is 6.60. The van der Waals surface area contributed by atoms with Crippen LogP contribution in [0.2, 0.25) is 0 Å². The topological polar surface area (TPSA) is 59.2 Å². The zero-order valence-electron chi connectivity index (χ0n) is 11.5. The maximum absolute atomic E-state index is 12.1. The zero-order valence-corrected chi connectivity index (χ0v) is 11.5. The number of pyridine rings is 1. The summed E-state index contributed by atoms with van der Waals surface area (Å²) >= 11 is 0. The summed E-state index contributed by atoms with van der Waals surface area (Å²) in [6, 6.07) is 3.66. The lowest BCUT2D eigenvalue weighted by Gasteiger charge is -2.21. The molecule has 0 saturated carbocycles. The number of aromatic nitrogens is 1. The van der Waals surface area contributed by atoms with E-state index in [9.17, 15) is 4.79 Å². The van der Waals surface area contributed by atoms with Gasteiger partial charge in [-0.25, -0.2) is 0 Å². The van der Waals surface area contributed by atoms with Crippen molar-refractivity contribution in [2.24, 2.45) is 17.6 Å². The van der Waals surface area contributed by atoms with Gasteiger partial charge in [0, 0.05) is 31.5 Å². The minimum Gasteiger partial charge on any atom is -0.330 e. The van der Waals surface area contributed by atoms with E-state index in [0.717, 1.165) is 12.1 Å². The van der Waals surface area contributed by atoms with Gasteiger partial charge >= 0.3 is 0 Å². The van der Waals surface area contributed by atoms with Crippen LogP contribution in [-0.4, -0.2) is 24.5 Å². The summed E-state index contributed by atoms with van der Waals surface area (Å²) in [5.74, 6) is 0.941. The van der Waals surface area contributed by atoms with Gasteiger partial charge in [0.25, 0.3) is 0 Å². The molecule has 1 unspecified atom stereocenters. The van der Waals surface area contributed by atoms with Gasteiger partial charge < -0.3 is 10.6 Å². The summed E-state index contributed by atoms with van der Waals surface area (Å²) in [7, 11) is 1.79. The van der Waals surface area contributed by atoms with Crippen molar-refractivity contribution in [2.45, 2.75) is 26.7 Å². The van der Waals surface area contributed by atoms with Crippen molar-refractivity contribution in [3.8, 4) is 0 Å². The largest absolute Gasteiger partial charge is 0.330 e. The molecular weight excluding hydrogens is 226 g/mol. The lowest BCUT2D eigenvalue weighted by molar-refractivity contribution is -0.119. The van der Waals surface area contributed by atoms with Crippen LogP contribution in [0.15, 0.2) is 24.5 Å². The SMILES string of the molecule is CC(C)CC(CN)CC(=O)N(C)c1ccncc1. The molecule has 1 rings (SSSR count). The van der Waals surface area contributed by atoms with Crippen LogP contribution in [0.4, 0.5) is 5.69 Å². The van der Waals surface area contributed by atoms with E-state index in [1.807, 2.05) is 12.1 Å².